The highest BCUT2D eigenvalue weighted by atomic mass is 16.5. The Kier molecular flexibility index (Phi) is 5.35. The zero-order valence-corrected chi connectivity index (χ0v) is 14.8. The number of methoxy groups -OCH3 is 1. The largest absolute Gasteiger partial charge is 0.384 e. The minimum atomic E-state index is 0.592. The van der Waals surface area contributed by atoms with Gasteiger partial charge < -0.3 is 19.4 Å². The van der Waals surface area contributed by atoms with Crippen LogP contribution in [0.4, 0.5) is 0 Å². The summed E-state index contributed by atoms with van der Waals surface area (Å²) in [6.45, 7) is 8.51. The Balaban J connectivity index is 1.72. The van der Waals surface area contributed by atoms with Gasteiger partial charge in [-0.2, -0.15) is 0 Å². The molecule has 0 spiro atoms. The van der Waals surface area contributed by atoms with E-state index in [1.54, 1.807) is 7.11 Å². The number of hydrogen-bond donors (Lipinski definition) is 1. The third kappa shape index (κ3) is 3.70. The summed E-state index contributed by atoms with van der Waals surface area (Å²) in [6.07, 6.45) is 3.24. The molecule has 0 bridgehead atoms. The van der Waals surface area contributed by atoms with Crippen LogP contribution in [0.2, 0.25) is 0 Å². The number of hydrogen-bond acceptors (Lipinski definition) is 3. The van der Waals surface area contributed by atoms with Crippen LogP contribution in [0.5, 0.6) is 0 Å². The summed E-state index contributed by atoms with van der Waals surface area (Å²) in [5, 5.41) is 3.40. The van der Waals surface area contributed by atoms with Crippen LogP contribution in [0.25, 0.3) is 5.65 Å². The molecule has 24 heavy (non-hydrogen) atoms. The van der Waals surface area contributed by atoms with E-state index in [9.17, 15) is 0 Å². The van der Waals surface area contributed by atoms with Gasteiger partial charge in [0, 0.05) is 44.6 Å². The van der Waals surface area contributed by atoms with Gasteiger partial charge in [0.1, 0.15) is 5.65 Å². The molecule has 2 aromatic rings. The Morgan fingerprint density at radius 2 is 2.33 bits per heavy atom. The summed E-state index contributed by atoms with van der Waals surface area (Å²) in [7, 11) is 1.77. The van der Waals surface area contributed by atoms with Crippen molar-refractivity contribution in [2.75, 3.05) is 33.4 Å². The SMILES string of the molecule is CCNC(=NCc1cn2c(C)cccc2n1)N1CCC(COC)C1. The molecule has 0 aliphatic carbocycles. The Morgan fingerprint density at radius 3 is 3.08 bits per heavy atom. The quantitative estimate of drug-likeness (QED) is 0.674. The third-order valence-electron chi connectivity index (χ3n) is 4.46. The van der Waals surface area contributed by atoms with Gasteiger partial charge in [0.2, 0.25) is 0 Å². The Morgan fingerprint density at radius 1 is 1.46 bits per heavy atom. The number of aliphatic imine (C=N–C) groups is 1. The number of ether oxygens (including phenoxy) is 1. The molecule has 0 saturated carbocycles. The van der Waals surface area contributed by atoms with E-state index >= 15 is 0 Å². The fourth-order valence-corrected chi connectivity index (χ4v) is 3.25. The predicted octanol–water partition coefficient (Wildman–Crippen LogP) is 2.08. The highest BCUT2D eigenvalue weighted by Gasteiger charge is 2.24. The number of rotatable bonds is 5. The van der Waals surface area contributed by atoms with Gasteiger partial charge in [0.05, 0.1) is 18.8 Å². The average molecular weight is 329 g/mol. The van der Waals surface area contributed by atoms with Gasteiger partial charge >= 0.3 is 0 Å². The molecule has 2 aromatic heterocycles. The van der Waals surface area contributed by atoms with Crippen LogP contribution in [-0.2, 0) is 11.3 Å². The van der Waals surface area contributed by atoms with E-state index in [4.69, 9.17) is 9.73 Å². The number of aryl methyl sites for hydroxylation is 1. The lowest BCUT2D eigenvalue weighted by atomic mass is 10.1. The standard InChI is InChI=1S/C18H27N5O/c1-4-19-18(22-9-8-15(11-22)13-24-3)20-10-16-12-23-14(2)6-5-7-17(23)21-16/h5-7,12,15H,4,8-11,13H2,1-3H3,(H,19,20). The molecule has 130 valence electrons. The summed E-state index contributed by atoms with van der Waals surface area (Å²) in [5.74, 6) is 1.57. The van der Waals surface area contributed by atoms with Gasteiger partial charge in [0.15, 0.2) is 5.96 Å². The number of aromatic nitrogens is 2. The summed E-state index contributed by atoms with van der Waals surface area (Å²) >= 11 is 0. The maximum Gasteiger partial charge on any atom is 0.194 e. The van der Waals surface area contributed by atoms with Gasteiger partial charge in [-0.05, 0) is 32.4 Å². The Bertz CT molecular complexity index is 708. The monoisotopic (exact) mass is 329 g/mol. The second kappa shape index (κ2) is 7.66. The van der Waals surface area contributed by atoms with E-state index in [-0.39, 0.29) is 0 Å². The van der Waals surface area contributed by atoms with E-state index in [2.05, 4.69) is 45.7 Å². The lowest BCUT2D eigenvalue weighted by molar-refractivity contribution is 0.157. The van der Waals surface area contributed by atoms with E-state index in [0.717, 1.165) is 50.0 Å². The predicted molar refractivity (Wildman–Crippen MR) is 96.3 cm³/mol. The molecule has 1 aliphatic heterocycles. The minimum Gasteiger partial charge on any atom is -0.384 e. The van der Waals surface area contributed by atoms with Crippen LogP contribution in [0.1, 0.15) is 24.7 Å². The molecular weight excluding hydrogens is 302 g/mol. The van der Waals surface area contributed by atoms with Crippen LogP contribution < -0.4 is 5.32 Å². The van der Waals surface area contributed by atoms with Crippen LogP contribution in [0.15, 0.2) is 29.4 Å². The van der Waals surface area contributed by atoms with Crippen molar-refractivity contribution < 1.29 is 4.74 Å². The molecule has 1 fully saturated rings. The number of nitrogens with one attached hydrogen (secondary N) is 1. The maximum atomic E-state index is 5.29. The van der Waals surface area contributed by atoms with Crippen molar-refractivity contribution in [3.05, 3.63) is 35.8 Å². The summed E-state index contributed by atoms with van der Waals surface area (Å²) in [6, 6.07) is 6.15. The van der Waals surface area contributed by atoms with Crippen molar-refractivity contribution in [1.82, 2.24) is 19.6 Å². The van der Waals surface area contributed by atoms with E-state index in [1.165, 1.54) is 5.69 Å². The zero-order chi connectivity index (χ0) is 16.9. The molecular formula is C18H27N5O. The molecule has 6 heteroatoms. The number of imidazole rings is 1. The molecule has 1 aliphatic rings. The summed E-state index contributed by atoms with van der Waals surface area (Å²) < 4.78 is 7.40. The molecule has 0 aromatic carbocycles. The Hall–Kier alpha value is -2.08. The first-order valence-electron chi connectivity index (χ1n) is 8.67. The van der Waals surface area contributed by atoms with Gasteiger partial charge in [-0.1, -0.05) is 6.07 Å². The number of guanidine groups is 1. The first kappa shape index (κ1) is 16.8. The third-order valence-corrected chi connectivity index (χ3v) is 4.46. The first-order valence-corrected chi connectivity index (χ1v) is 8.67. The highest BCUT2D eigenvalue weighted by Crippen LogP contribution is 2.17. The molecule has 3 heterocycles. The number of fused-ring (bicyclic) bond motifs is 1. The molecule has 0 amide bonds. The summed E-state index contributed by atoms with van der Waals surface area (Å²) in [4.78, 5) is 11.8. The van der Waals surface area contributed by atoms with Crippen molar-refractivity contribution in [1.29, 1.82) is 0 Å². The molecule has 3 rings (SSSR count). The second-order valence-corrected chi connectivity index (χ2v) is 6.35. The van der Waals surface area contributed by atoms with Crippen LogP contribution in [-0.4, -0.2) is 53.6 Å². The van der Waals surface area contributed by atoms with Crippen molar-refractivity contribution >= 4 is 11.6 Å². The normalized spacial score (nSPS) is 18.5. The van der Waals surface area contributed by atoms with Crippen molar-refractivity contribution in [3.8, 4) is 0 Å². The van der Waals surface area contributed by atoms with Gasteiger partial charge in [-0.25, -0.2) is 9.98 Å². The van der Waals surface area contributed by atoms with E-state index in [0.29, 0.717) is 12.5 Å². The van der Waals surface area contributed by atoms with Crippen molar-refractivity contribution in [2.45, 2.75) is 26.8 Å². The maximum absolute atomic E-state index is 5.29. The van der Waals surface area contributed by atoms with Crippen LogP contribution in [0.3, 0.4) is 0 Å². The number of nitrogens with zero attached hydrogens (tertiary/aromatic N) is 4. The van der Waals surface area contributed by atoms with Crippen molar-refractivity contribution in [2.24, 2.45) is 10.9 Å². The molecule has 0 radical (unpaired) electrons. The first-order chi connectivity index (χ1) is 11.7. The zero-order valence-electron chi connectivity index (χ0n) is 14.8. The topological polar surface area (TPSA) is 54.2 Å². The molecule has 1 N–H and O–H groups in total. The number of pyridine rings is 1. The number of likely N-dealkylation sites (tertiary alicyclic amines) is 1. The molecule has 1 atom stereocenters. The fraction of sp³-hybridized carbons (Fsp3) is 0.556. The average Bonchev–Trinajstić information content (AvgIpc) is 3.19. The van der Waals surface area contributed by atoms with Crippen molar-refractivity contribution in [3.63, 3.8) is 0 Å². The highest BCUT2D eigenvalue weighted by molar-refractivity contribution is 5.80. The smallest absolute Gasteiger partial charge is 0.194 e. The van der Waals surface area contributed by atoms with E-state index in [1.807, 2.05) is 12.1 Å². The fourth-order valence-electron chi connectivity index (χ4n) is 3.25. The molecule has 6 nitrogen and oxygen atoms in total. The van der Waals surface area contributed by atoms with Gasteiger partial charge in [0.25, 0.3) is 0 Å². The summed E-state index contributed by atoms with van der Waals surface area (Å²) in [5.41, 5.74) is 3.16. The lowest BCUT2D eigenvalue weighted by Crippen LogP contribution is -2.40. The minimum absolute atomic E-state index is 0.592. The lowest BCUT2D eigenvalue weighted by Gasteiger charge is -2.21. The van der Waals surface area contributed by atoms with E-state index < -0.39 is 0 Å². The van der Waals surface area contributed by atoms with Crippen LogP contribution in [0, 0.1) is 12.8 Å². The Labute approximate surface area is 143 Å². The molecule has 1 saturated heterocycles. The van der Waals surface area contributed by atoms with Gasteiger partial charge in [-0.3, -0.25) is 0 Å². The van der Waals surface area contributed by atoms with Gasteiger partial charge in [-0.15, -0.1) is 0 Å². The second-order valence-electron chi connectivity index (χ2n) is 6.35. The molecule has 1 unspecified atom stereocenters. The van der Waals surface area contributed by atoms with Crippen LogP contribution >= 0.6 is 0 Å².